The second-order valence-electron chi connectivity index (χ2n) is 9.38. The van der Waals surface area contributed by atoms with E-state index in [-0.39, 0.29) is 6.42 Å². The highest BCUT2D eigenvalue weighted by Crippen LogP contribution is 2.30. The second-order valence-corrected chi connectivity index (χ2v) is 9.38. The number of para-hydroxylation sites is 1. The number of primary amides is 1. The highest BCUT2D eigenvalue weighted by Gasteiger charge is 2.21. The minimum absolute atomic E-state index is 0.183. The number of rotatable bonds is 11. The molecule has 3 N–H and O–H groups in total. The van der Waals surface area contributed by atoms with Crippen molar-refractivity contribution >= 4 is 22.7 Å². The SMILES string of the molecule is NC(=O)[C@@H](Cc1ccc(OCc2ccccc2)c(OCc2ccccc2)c1)NC(=O)c1cnc2ccccc2c1. The minimum Gasteiger partial charge on any atom is -0.485 e. The topological polar surface area (TPSA) is 104 Å². The number of carbonyl (C=O) groups excluding carboxylic acids is 2. The lowest BCUT2D eigenvalue weighted by atomic mass is 10.0. The van der Waals surface area contributed by atoms with Crippen LogP contribution in [0, 0.1) is 0 Å². The molecule has 0 aliphatic carbocycles. The molecule has 40 heavy (non-hydrogen) atoms. The van der Waals surface area contributed by atoms with Crippen LogP contribution in [0.25, 0.3) is 10.9 Å². The quantitative estimate of drug-likeness (QED) is 0.243. The third kappa shape index (κ3) is 6.82. The zero-order chi connectivity index (χ0) is 27.7. The van der Waals surface area contributed by atoms with E-state index >= 15 is 0 Å². The van der Waals surface area contributed by atoms with E-state index in [4.69, 9.17) is 15.2 Å². The molecule has 0 spiro atoms. The summed E-state index contributed by atoms with van der Waals surface area (Å²) in [5, 5.41) is 3.59. The van der Waals surface area contributed by atoms with Gasteiger partial charge in [0.2, 0.25) is 5.91 Å². The zero-order valence-electron chi connectivity index (χ0n) is 21.8. The Hall–Kier alpha value is -5.17. The number of hydrogen-bond acceptors (Lipinski definition) is 5. The maximum atomic E-state index is 13.0. The van der Waals surface area contributed by atoms with Gasteiger partial charge in [0.15, 0.2) is 11.5 Å². The number of nitrogens with one attached hydrogen (secondary N) is 1. The van der Waals surface area contributed by atoms with Crippen LogP contribution in [0.2, 0.25) is 0 Å². The molecule has 5 aromatic rings. The number of nitrogens with zero attached hydrogens (tertiary/aromatic N) is 1. The first-order valence-electron chi connectivity index (χ1n) is 13.0. The Morgan fingerprint density at radius 2 is 1.35 bits per heavy atom. The average Bonchev–Trinajstić information content (AvgIpc) is 2.99. The van der Waals surface area contributed by atoms with Gasteiger partial charge in [0.25, 0.3) is 5.91 Å². The second kappa shape index (κ2) is 12.6. The number of ether oxygens (including phenoxy) is 2. The summed E-state index contributed by atoms with van der Waals surface area (Å²) in [6.07, 6.45) is 1.67. The largest absolute Gasteiger partial charge is 0.485 e. The highest BCUT2D eigenvalue weighted by molar-refractivity contribution is 5.99. The Morgan fingerprint density at radius 3 is 2.02 bits per heavy atom. The van der Waals surface area contributed by atoms with Crippen LogP contribution >= 0.6 is 0 Å². The van der Waals surface area contributed by atoms with Crippen LogP contribution in [0.15, 0.2) is 115 Å². The smallest absolute Gasteiger partial charge is 0.253 e. The Bertz CT molecular complexity index is 1610. The normalized spacial score (nSPS) is 11.5. The number of amides is 2. The number of nitrogens with two attached hydrogens (primary N) is 1. The molecule has 4 aromatic carbocycles. The summed E-state index contributed by atoms with van der Waals surface area (Å²) in [6.45, 7) is 0.721. The first-order valence-corrected chi connectivity index (χ1v) is 13.0. The van der Waals surface area contributed by atoms with Crippen molar-refractivity contribution in [3.8, 4) is 11.5 Å². The summed E-state index contributed by atoms with van der Waals surface area (Å²) in [5.41, 5.74) is 9.62. The predicted octanol–water partition coefficient (Wildman–Crippen LogP) is 5.22. The first kappa shape index (κ1) is 26.4. The third-order valence-electron chi connectivity index (χ3n) is 6.42. The van der Waals surface area contributed by atoms with Gasteiger partial charge in [-0.2, -0.15) is 0 Å². The monoisotopic (exact) mass is 531 g/mol. The molecule has 2 amide bonds. The van der Waals surface area contributed by atoms with Crippen molar-refractivity contribution in [1.29, 1.82) is 0 Å². The van der Waals surface area contributed by atoms with Gasteiger partial charge in [0, 0.05) is 18.0 Å². The molecule has 5 rings (SSSR count). The Kier molecular flexibility index (Phi) is 8.32. The lowest BCUT2D eigenvalue weighted by Crippen LogP contribution is -2.45. The van der Waals surface area contributed by atoms with Crippen molar-refractivity contribution in [3.63, 3.8) is 0 Å². The number of carbonyl (C=O) groups is 2. The van der Waals surface area contributed by atoms with Crippen molar-refractivity contribution in [3.05, 3.63) is 138 Å². The fourth-order valence-electron chi connectivity index (χ4n) is 4.28. The lowest BCUT2D eigenvalue weighted by Gasteiger charge is -2.18. The maximum Gasteiger partial charge on any atom is 0.253 e. The van der Waals surface area contributed by atoms with Gasteiger partial charge < -0.3 is 20.5 Å². The number of hydrogen-bond donors (Lipinski definition) is 2. The molecular formula is C33H29N3O4. The summed E-state index contributed by atoms with van der Waals surface area (Å²) >= 11 is 0. The molecule has 7 nitrogen and oxygen atoms in total. The molecule has 1 aromatic heterocycles. The molecule has 0 bridgehead atoms. The summed E-state index contributed by atoms with van der Waals surface area (Å²) in [6, 6.07) is 33.5. The number of aromatic nitrogens is 1. The Morgan fingerprint density at radius 1 is 0.725 bits per heavy atom. The van der Waals surface area contributed by atoms with Gasteiger partial charge in [0.1, 0.15) is 19.3 Å². The van der Waals surface area contributed by atoms with Crippen LogP contribution in [0.4, 0.5) is 0 Å². The van der Waals surface area contributed by atoms with Gasteiger partial charge in [-0.3, -0.25) is 14.6 Å². The summed E-state index contributed by atoms with van der Waals surface area (Å²) < 4.78 is 12.2. The van der Waals surface area contributed by atoms with E-state index in [0.29, 0.717) is 30.3 Å². The van der Waals surface area contributed by atoms with Gasteiger partial charge in [-0.05, 0) is 41.0 Å². The van der Waals surface area contributed by atoms with Gasteiger partial charge in [0.05, 0.1) is 11.1 Å². The molecule has 1 atom stereocenters. The Labute approximate surface area is 232 Å². The maximum absolute atomic E-state index is 13.0. The molecule has 7 heteroatoms. The molecule has 0 saturated heterocycles. The van der Waals surface area contributed by atoms with Crippen LogP contribution in [0.3, 0.4) is 0 Å². The molecule has 0 aliphatic rings. The van der Waals surface area contributed by atoms with E-state index in [9.17, 15) is 9.59 Å². The van der Waals surface area contributed by atoms with Gasteiger partial charge >= 0.3 is 0 Å². The summed E-state index contributed by atoms with van der Waals surface area (Å²) in [4.78, 5) is 29.7. The zero-order valence-corrected chi connectivity index (χ0v) is 21.8. The van der Waals surface area contributed by atoms with Crippen LogP contribution < -0.4 is 20.5 Å². The van der Waals surface area contributed by atoms with Crippen LogP contribution in [-0.2, 0) is 24.4 Å². The van der Waals surface area contributed by atoms with E-state index in [2.05, 4.69) is 10.3 Å². The van der Waals surface area contributed by atoms with Crippen LogP contribution in [0.5, 0.6) is 11.5 Å². The molecular weight excluding hydrogens is 502 g/mol. The third-order valence-corrected chi connectivity index (χ3v) is 6.42. The molecule has 1 heterocycles. The lowest BCUT2D eigenvalue weighted by molar-refractivity contribution is -0.119. The molecule has 0 saturated carbocycles. The molecule has 0 aliphatic heterocycles. The van der Waals surface area contributed by atoms with E-state index in [1.807, 2.05) is 103 Å². The van der Waals surface area contributed by atoms with Gasteiger partial charge in [-0.25, -0.2) is 0 Å². The van der Waals surface area contributed by atoms with Crippen molar-refractivity contribution in [2.24, 2.45) is 5.73 Å². The Balaban J connectivity index is 1.33. The van der Waals surface area contributed by atoms with E-state index in [0.717, 1.165) is 27.6 Å². The number of fused-ring (bicyclic) bond motifs is 1. The van der Waals surface area contributed by atoms with Crippen molar-refractivity contribution in [1.82, 2.24) is 10.3 Å². The number of pyridine rings is 1. The molecule has 0 radical (unpaired) electrons. The fourth-order valence-corrected chi connectivity index (χ4v) is 4.28. The highest BCUT2D eigenvalue weighted by atomic mass is 16.5. The van der Waals surface area contributed by atoms with Crippen molar-refractivity contribution in [2.45, 2.75) is 25.7 Å². The molecule has 0 fully saturated rings. The first-order chi connectivity index (χ1) is 19.5. The van der Waals surface area contributed by atoms with Crippen molar-refractivity contribution in [2.75, 3.05) is 0 Å². The van der Waals surface area contributed by atoms with Gasteiger partial charge in [-0.1, -0.05) is 84.9 Å². The van der Waals surface area contributed by atoms with Gasteiger partial charge in [-0.15, -0.1) is 0 Å². The average molecular weight is 532 g/mol. The minimum atomic E-state index is -0.933. The van der Waals surface area contributed by atoms with E-state index in [1.165, 1.54) is 6.20 Å². The summed E-state index contributed by atoms with van der Waals surface area (Å²) in [7, 11) is 0. The van der Waals surface area contributed by atoms with Crippen molar-refractivity contribution < 1.29 is 19.1 Å². The predicted molar refractivity (Wildman–Crippen MR) is 154 cm³/mol. The van der Waals surface area contributed by atoms with Crippen LogP contribution in [0.1, 0.15) is 27.0 Å². The summed E-state index contributed by atoms with van der Waals surface area (Å²) in [5.74, 6) is 0.0414. The fraction of sp³-hybridized carbons (Fsp3) is 0.121. The van der Waals surface area contributed by atoms with E-state index < -0.39 is 17.9 Å². The van der Waals surface area contributed by atoms with Crippen LogP contribution in [-0.4, -0.2) is 22.8 Å². The molecule has 0 unspecified atom stereocenters. The molecule has 200 valence electrons. The standard InChI is InChI=1S/C33H29N3O4/c34-32(37)29(36-33(38)27-19-26-13-7-8-14-28(26)35-20-27)17-25-15-16-30(39-21-23-9-3-1-4-10-23)31(18-25)40-22-24-11-5-2-6-12-24/h1-16,18-20,29H,17,21-22H2,(H2,34,37)(H,36,38)/t29-/m1/s1. The number of benzene rings is 4. The van der Waals surface area contributed by atoms with E-state index in [1.54, 1.807) is 6.07 Å².